The van der Waals surface area contributed by atoms with Crippen molar-refractivity contribution in [3.8, 4) is 5.75 Å². The number of urea groups is 1. The van der Waals surface area contributed by atoms with E-state index in [1.807, 2.05) is 0 Å². The minimum Gasteiger partial charge on any atom is -0.497 e. The standard InChI is InChI=1S/C19H19F3N6O2S/c1-30-12-4-2-11(3-5-12)24-18(29)28-8-6-27(7-9-28)15-14-13(19(20,21)22)10-31-16(14)26-17(23)25-15/h2-5,10H,6-9H2,1H3,(H,24,29)(H2,23,25,26). The number of fused-ring (bicyclic) bond motifs is 1. The van der Waals surface area contributed by atoms with Gasteiger partial charge in [0.05, 0.1) is 18.1 Å². The number of piperazine rings is 1. The predicted molar refractivity (Wildman–Crippen MR) is 113 cm³/mol. The fraction of sp³-hybridized carbons (Fsp3) is 0.316. The first kappa shape index (κ1) is 21.0. The number of hydrogen-bond acceptors (Lipinski definition) is 7. The van der Waals surface area contributed by atoms with Crippen LogP contribution in [0.1, 0.15) is 5.56 Å². The van der Waals surface area contributed by atoms with E-state index in [0.717, 1.165) is 16.7 Å². The van der Waals surface area contributed by atoms with Crippen molar-refractivity contribution >= 4 is 45.0 Å². The van der Waals surface area contributed by atoms with Crippen LogP contribution in [-0.2, 0) is 6.18 Å². The van der Waals surface area contributed by atoms with Gasteiger partial charge >= 0.3 is 12.2 Å². The summed E-state index contributed by atoms with van der Waals surface area (Å²) in [6.45, 7) is 1.27. The summed E-state index contributed by atoms with van der Waals surface area (Å²) >= 11 is 0.881. The lowest BCUT2D eigenvalue weighted by molar-refractivity contribution is -0.136. The Hall–Kier alpha value is -3.28. The van der Waals surface area contributed by atoms with Gasteiger partial charge in [-0.15, -0.1) is 11.3 Å². The molecule has 0 spiro atoms. The van der Waals surface area contributed by atoms with Crippen molar-refractivity contribution in [2.75, 3.05) is 49.2 Å². The number of hydrogen-bond donors (Lipinski definition) is 2. The van der Waals surface area contributed by atoms with E-state index >= 15 is 0 Å². The molecule has 1 fully saturated rings. The zero-order valence-corrected chi connectivity index (χ0v) is 17.3. The summed E-state index contributed by atoms with van der Waals surface area (Å²) in [6.07, 6.45) is -4.52. The molecular formula is C19H19F3N6O2S. The summed E-state index contributed by atoms with van der Waals surface area (Å²) in [5, 5.41) is 3.78. The molecule has 2 aromatic heterocycles. The van der Waals surface area contributed by atoms with E-state index in [1.54, 1.807) is 41.2 Å². The smallest absolute Gasteiger partial charge is 0.418 e. The van der Waals surface area contributed by atoms with Crippen molar-refractivity contribution in [2.45, 2.75) is 6.18 Å². The fourth-order valence-corrected chi connectivity index (χ4v) is 4.32. The quantitative estimate of drug-likeness (QED) is 0.630. The third kappa shape index (κ3) is 4.29. The van der Waals surface area contributed by atoms with Crippen LogP contribution < -0.4 is 20.7 Å². The fourth-order valence-electron chi connectivity index (χ4n) is 3.38. The van der Waals surface area contributed by atoms with Gasteiger partial charge in [-0.3, -0.25) is 0 Å². The van der Waals surface area contributed by atoms with E-state index in [-0.39, 0.29) is 28.0 Å². The van der Waals surface area contributed by atoms with Gasteiger partial charge in [0.15, 0.2) is 0 Å². The number of rotatable bonds is 3. The maximum absolute atomic E-state index is 13.5. The van der Waals surface area contributed by atoms with E-state index < -0.39 is 11.7 Å². The predicted octanol–water partition coefficient (Wildman–Crippen LogP) is 3.66. The topological polar surface area (TPSA) is 96.6 Å². The lowest BCUT2D eigenvalue weighted by Crippen LogP contribution is -2.50. The average Bonchev–Trinajstić information content (AvgIpc) is 3.18. The SMILES string of the molecule is COc1ccc(NC(=O)N2CCN(c3nc(N)nc4scc(C(F)(F)F)c34)CC2)cc1. The molecule has 0 aliphatic carbocycles. The van der Waals surface area contributed by atoms with Crippen LogP contribution in [0, 0.1) is 0 Å². The number of ether oxygens (including phenoxy) is 1. The number of aromatic nitrogens is 2. The Morgan fingerprint density at radius 3 is 2.45 bits per heavy atom. The number of nitrogen functional groups attached to an aromatic ring is 1. The number of nitrogens with two attached hydrogens (primary N) is 1. The van der Waals surface area contributed by atoms with Crippen LogP contribution in [0.4, 0.5) is 35.4 Å². The van der Waals surface area contributed by atoms with E-state index in [9.17, 15) is 18.0 Å². The van der Waals surface area contributed by atoms with Crippen molar-refractivity contribution in [1.82, 2.24) is 14.9 Å². The van der Waals surface area contributed by atoms with Crippen molar-refractivity contribution in [2.24, 2.45) is 0 Å². The average molecular weight is 452 g/mol. The Bertz CT molecular complexity index is 1090. The van der Waals surface area contributed by atoms with Gasteiger partial charge in [0.2, 0.25) is 5.95 Å². The monoisotopic (exact) mass is 452 g/mol. The zero-order chi connectivity index (χ0) is 22.2. The number of thiophene rings is 1. The Kier molecular flexibility index (Phi) is 5.48. The Morgan fingerprint density at radius 1 is 1.16 bits per heavy atom. The first-order valence-corrected chi connectivity index (χ1v) is 10.2. The third-order valence-corrected chi connectivity index (χ3v) is 5.82. The molecule has 1 saturated heterocycles. The molecule has 0 radical (unpaired) electrons. The minimum atomic E-state index is -4.52. The molecule has 3 N–H and O–H groups in total. The first-order valence-electron chi connectivity index (χ1n) is 9.33. The summed E-state index contributed by atoms with van der Waals surface area (Å²) in [5.41, 5.74) is 5.57. The van der Waals surface area contributed by atoms with Gasteiger partial charge in [0.1, 0.15) is 16.4 Å². The number of nitrogens with zero attached hydrogens (tertiary/aromatic N) is 4. The first-order chi connectivity index (χ1) is 14.8. The lowest BCUT2D eigenvalue weighted by Gasteiger charge is -2.35. The maximum atomic E-state index is 13.5. The van der Waals surface area contributed by atoms with Crippen molar-refractivity contribution in [3.05, 3.63) is 35.2 Å². The van der Waals surface area contributed by atoms with E-state index in [4.69, 9.17) is 10.5 Å². The second kappa shape index (κ2) is 8.10. The maximum Gasteiger partial charge on any atom is 0.418 e. The molecule has 8 nitrogen and oxygen atoms in total. The van der Waals surface area contributed by atoms with Crippen LogP contribution in [0.5, 0.6) is 5.75 Å². The normalized spacial score (nSPS) is 14.7. The van der Waals surface area contributed by atoms with Crippen molar-refractivity contribution < 1.29 is 22.7 Å². The molecule has 3 heterocycles. The molecule has 12 heteroatoms. The van der Waals surface area contributed by atoms with Crippen LogP contribution in [0.15, 0.2) is 29.6 Å². The van der Waals surface area contributed by atoms with Crippen LogP contribution >= 0.6 is 11.3 Å². The Morgan fingerprint density at radius 2 is 1.84 bits per heavy atom. The summed E-state index contributed by atoms with van der Waals surface area (Å²) in [4.78, 5) is 24.1. The zero-order valence-electron chi connectivity index (χ0n) is 16.4. The largest absolute Gasteiger partial charge is 0.497 e. The molecule has 4 rings (SSSR count). The van der Waals surface area contributed by atoms with Crippen LogP contribution in [0.25, 0.3) is 10.2 Å². The molecular weight excluding hydrogens is 433 g/mol. The molecule has 1 aliphatic rings. The van der Waals surface area contributed by atoms with Crippen molar-refractivity contribution in [3.63, 3.8) is 0 Å². The number of carbonyl (C=O) groups excluding carboxylic acids is 1. The van der Waals surface area contributed by atoms with E-state index in [1.165, 1.54) is 0 Å². The summed E-state index contributed by atoms with van der Waals surface area (Å²) in [7, 11) is 1.56. The number of amides is 2. The van der Waals surface area contributed by atoms with E-state index in [2.05, 4.69) is 15.3 Å². The Labute approximate surface area is 179 Å². The van der Waals surface area contributed by atoms with Crippen LogP contribution in [-0.4, -0.2) is 54.2 Å². The van der Waals surface area contributed by atoms with Crippen molar-refractivity contribution in [1.29, 1.82) is 0 Å². The van der Waals surface area contributed by atoms with Gasteiger partial charge in [0.25, 0.3) is 0 Å². The lowest BCUT2D eigenvalue weighted by atomic mass is 10.2. The highest BCUT2D eigenvalue weighted by atomic mass is 32.1. The van der Waals surface area contributed by atoms with Crippen LogP contribution in [0.3, 0.4) is 0 Å². The molecule has 3 aromatic rings. The molecule has 1 aliphatic heterocycles. The van der Waals surface area contributed by atoms with Gasteiger partial charge in [0, 0.05) is 37.2 Å². The molecule has 31 heavy (non-hydrogen) atoms. The molecule has 0 unspecified atom stereocenters. The molecule has 1 aromatic carbocycles. The number of nitrogens with one attached hydrogen (secondary N) is 1. The molecule has 0 bridgehead atoms. The van der Waals surface area contributed by atoms with Gasteiger partial charge in [-0.2, -0.15) is 18.2 Å². The number of halogens is 3. The number of anilines is 3. The number of carbonyl (C=O) groups is 1. The second-order valence-corrected chi connectivity index (χ2v) is 7.72. The van der Waals surface area contributed by atoms with Crippen LogP contribution in [0.2, 0.25) is 0 Å². The number of methoxy groups -OCH3 is 1. The van der Waals surface area contributed by atoms with Gasteiger partial charge < -0.3 is 25.6 Å². The third-order valence-electron chi connectivity index (χ3n) is 4.94. The Balaban J connectivity index is 1.49. The molecule has 0 saturated carbocycles. The highest BCUT2D eigenvalue weighted by Crippen LogP contribution is 2.41. The van der Waals surface area contributed by atoms with Gasteiger partial charge in [-0.1, -0.05) is 0 Å². The summed E-state index contributed by atoms with van der Waals surface area (Å²) in [5.74, 6) is 0.734. The van der Waals surface area contributed by atoms with Gasteiger partial charge in [-0.25, -0.2) is 9.78 Å². The molecule has 0 atom stereocenters. The van der Waals surface area contributed by atoms with Gasteiger partial charge in [-0.05, 0) is 24.3 Å². The number of benzene rings is 1. The molecule has 164 valence electrons. The number of alkyl halides is 3. The van der Waals surface area contributed by atoms with E-state index in [0.29, 0.717) is 37.6 Å². The molecule has 2 amide bonds. The summed E-state index contributed by atoms with van der Waals surface area (Å²) < 4.78 is 45.5. The second-order valence-electron chi connectivity index (χ2n) is 6.87. The minimum absolute atomic E-state index is 0.0529. The summed E-state index contributed by atoms with van der Waals surface area (Å²) in [6, 6.07) is 6.63. The highest BCUT2D eigenvalue weighted by Gasteiger charge is 2.36. The highest BCUT2D eigenvalue weighted by molar-refractivity contribution is 7.17.